The van der Waals surface area contributed by atoms with Gasteiger partial charge in [-0.1, -0.05) is 19.9 Å². The van der Waals surface area contributed by atoms with Crippen molar-refractivity contribution in [2.75, 3.05) is 0 Å². The minimum Gasteiger partial charge on any atom is -0.388 e. The number of nitriles is 1. The van der Waals surface area contributed by atoms with E-state index in [2.05, 4.69) is 22.0 Å². The van der Waals surface area contributed by atoms with E-state index < -0.39 is 0 Å². The molecule has 0 bridgehead atoms. The molecule has 1 aromatic rings. The van der Waals surface area contributed by atoms with Crippen LogP contribution in [0.2, 0.25) is 0 Å². The summed E-state index contributed by atoms with van der Waals surface area (Å²) in [4.78, 5) is 0. The summed E-state index contributed by atoms with van der Waals surface area (Å²) in [6.07, 6.45) is 1.27. The SMILES string of the molecule is CC.N#Cc1ccc2c(c1Br)CCC2O. The fraction of sp³-hybridized carbons (Fsp3) is 0.417. The molecule has 1 aliphatic carbocycles. The van der Waals surface area contributed by atoms with Crippen molar-refractivity contribution in [3.63, 3.8) is 0 Å². The monoisotopic (exact) mass is 267 g/mol. The number of hydrogen-bond donors (Lipinski definition) is 1. The number of aliphatic hydroxyl groups excluding tert-OH is 1. The van der Waals surface area contributed by atoms with Crippen LogP contribution in [0.15, 0.2) is 16.6 Å². The fourth-order valence-electron chi connectivity index (χ4n) is 1.73. The maximum Gasteiger partial charge on any atom is 0.100 e. The average molecular weight is 268 g/mol. The molecule has 0 fully saturated rings. The van der Waals surface area contributed by atoms with Crippen LogP contribution in [0.3, 0.4) is 0 Å². The third-order valence-electron chi connectivity index (χ3n) is 2.43. The summed E-state index contributed by atoms with van der Waals surface area (Å²) in [6.45, 7) is 4.00. The first-order valence-corrected chi connectivity index (χ1v) is 5.92. The van der Waals surface area contributed by atoms with Gasteiger partial charge < -0.3 is 5.11 Å². The van der Waals surface area contributed by atoms with E-state index in [1.165, 1.54) is 0 Å². The molecule has 80 valence electrons. The van der Waals surface area contributed by atoms with Crippen LogP contribution in [-0.4, -0.2) is 5.11 Å². The first kappa shape index (κ1) is 12.2. The van der Waals surface area contributed by atoms with Gasteiger partial charge in [0.1, 0.15) is 6.07 Å². The number of rotatable bonds is 0. The van der Waals surface area contributed by atoms with E-state index in [9.17, 15) is 5.11 Å². The predicted molar refractivity (Wildman–Crippen MR) is 63.5 cm³/mol. The van der Waals surface area contributed by atoms with Crippen LogP contribution in [-0.2, 0) is 6.42 Å². The molecule has 0 heterocycles. The fourth-order valence-corrected chi connectivity index (χ4v) is 2.37. The van der Waals surface area contributed by atoms with Crippen LogP contribution in [0.5, 0.6) is 0 Å². The molecule has 1 unspecified atom stereocenters. The second-order valence-corrected chi connectivity index (χ2v) is 3.95. The van der Waals surface area contributed by atoms with Gasteiger partial charge in [0.05, 0.1) is 11.7 Å². The van der Waals surface area contributed by atoms with Crippen molar-refractivity contribution >= 4 is 15.9 Å². The minimum atomic E-state index is -0.348. The van der Waals surface area contributed by atoms with Crippen molar-refractivity contribution in [2.24, 2.45) is 0 Å². The maximum atomic E-state index is 9.57. The lowest BCUT2D eigenvalue weighted by Gasteiger charge is -2.05. The molecule has 1 aliphatic rings. The quantitative estimate of drug-likeness (QED) is 0.784. The Morgan fingerprint density at radius 3 is 2.73 bits per heavy atom. The van der Waals surface area contributed by atoms with Crippen LogP contribution in [0.1, 0.15) is 43.1 Å². The van der Waals surface area contributed by atoms with Gasteiger partial charge in [0.25, 0.3) is 0 Å². The molecule has 1 atom stereocenters. The normalized spacial score (nSPS) is 17.4. The van der Waals surface area contributed by atoms with Crippen molar-refractivity contribution in [3.8, 4) is 6.07 Å². The minimum absolute atomic E-state index is 0.348. The third-order valence-corrected chi connectivity index (χ3v) is 3.33. The maximum absolute atomic E-state index is 9.57. The molecular weight excluding hydrogens is 254 g/mol. The molecule has 1 N–H and O–H groups in total. The number of hydrogen-bond acceptors (Lipinski definition) is 2. The van der Waals surface area contributed by atoms with Gasteiger partial charge in [-0.25, -0.2) is 0 Å². The van der Waals surface area contributed by atoms with Gasteiger partial charge in [-0.3, -0.25) is 0 Å². The highest BCUT2D eigenvalue weighted by molar-refractivity contribution is 9.10. The van der Waals surface area contributed by atoms with Crippen molar-refractivity contribution < 1.29 is 5.11 Å². The Morgan fingerprint density at radius 1 is 1.47 bits per heavy atom. The molecule has 0 saturated carbocycles. The van der Waals surface area contributed by atoms with Crippen molar-refractivity contribution in [3.05, 3.63) is 33.3 Å². The number of aliphatic hydroxyl groups is 1. The Morgan fingerprint density at radius 2 is 2.13 bits per heavy atom. The summed E-state index contributed by atoms with van der Waals surface area (Å²) in [5.74, 6) is 0. The summed E-state index contributed by atoms with van der Waals surface area (Å²) in [6, 6.07) is 5.70. The summed E-state index contributed by atoms with van der Waals surface area (Å²) in [5, 5.41) is 18.3. The number of nitrogens with zero attached hydrogens (tertiary/aromatic N) is 1. The van der Waals surface area contributed by atoms with Crippen LogP contribution in [0, 0.1) is 11.3 Å². The lowest BCUT2D eigenvalue weighted by Crippen LogP contribution is -1.91. The van der Waals surface area contributed by atoms with Crippen LogP contribution in [0.25, 0.3) is 0 Å². The third kappa shape index (κ3) is 2.22. The molecule has 3 heteroatoms. The highest BCUT2D eigenvalue weighted by Gasteiger charge is 2.23. The van der Waals surface area contributed by atoms with Gasteiger partial charge in [0.15, 0.2) is 0 Å². The zero-order chi connectivity index (χ0) is 11.4. The Bertz CT molecular complexity index is 395. The molecule has 0 amide bonds. The lowest BCUT2D eigenvalue weighted by molar-refractivity contribution is 0.180. The first-order chi connectivity index (χ1) is 7.24. The Kier molecular flexibility index (Phi) is 4.31. The zero-order valence-corrected chi connectivity index (χ0v) is 10.5. The highest BCUT2D eigenvalue weighted by atomic mass is 79.9. The smallest absolute Gasteiger partial charge is 0.100 e. The second kappa shape index (κ2) is 5.29. The van der Waals surface area contributed by atoms with Crippen LogP contribution >= 0.6 is 15.9 Å². The van der Waals surface area contributed by atoms with Gasteiger partial charge in [0.2, 0.25) is 0 Å². The van der Waals surface area contributed by atoms with E-state index in [0.717, 1.165) is 28.4 Å². The molecule has 0 aromatic heterocycles. The second-order valence-electron chi connectivity index (χ2n) is 3.16. The molecular formula is C12H14BrNO. The summed E-state index contributed by atoms with van der Waals surface area (Å²) >= 11 is 3.39. The van der Waals surface area contributed by atoms with Gasteiger partial charge >= 0.3 is 0 Å². The summed E-state index contributed by atoms with van der Waals surface area (Å²) < 4.78 is 0.851. The molecule has 0 spiro atoms. The van der Waals surface area contributed by atoms with Crippen LogP contribution in [0.4, 0.5) is 0 Å². The van der Waals surface area contributed by atoms with Crippen molar-refractivity contribution in [2.45, 2.75) is 32.8 Å². The van der Waals surface area contributed by atoms with Gasteiger partial charge in [-0.05, 0) is 46.0 Å². The van der Waals surface area contributed by atoms with Crippen molar-refractivity contribution in [1.82, 2.24) is 0 Å². The summed E-state index contributed by atoms with van der Waals surface area (Å²) in [7, 11) is 0. The number of benzene rings is 1. The lowest BCUT2D eigenvalue weighted by atomic mass is 10.1. The number of fused-ring (bicyclic) bond motifs is 1. The molecule has 0 saturated heterocycles. The predicted octanol–water partition coefficient (Wildman–Crippen LogP) is 3.33. The van der Waals surface area contributed by atoms with E-state index >= 15 is 0 Å². The highest BCUT2D eigenvalue weighted by Crippen LogP contribution is 2.36. The van der Waals surface area contributed by atoms with E-state index in [1.54, 1.807) is 6.07 Å². The van der Waals surface area contributed by atoms with Crippen molar-refractivity contribution in [1.29, 1.82) is 5.26 Å². The molecule has 15 heavy (non-hydrogen) atoms. The zero-order valence-electron chi connectivity index (χ0n) is 8.92. The molecule has 2 nitrogen and oxygen atoms in total. The molecule has 1 aromatic carbocycles. The number of halogens is 1. The Balaban J connectivity index is 0.000000531. The largest absolute Gasteiger partial charge is 0.388 e. The van der Waals surface area contributed by atoms with Crippen LogP contribution < -0.4 is 0 Å². The van der Waals surface area contributed by atoms with E-state index in [1.807, 2.05) is 19.9 Å². The van der Waals surface area contributed by atoms with E-state index in [-0.39, 0.29) is 6.10 Å². The standard InChI is InChI=1S/C10H8BrNO.C2H6/c11-10-6(5-12)1-2-7-8(10)3-4-9(7)13;1-2/h1-2,9,13H,3-4H2;1-2H3. The average Bonchev–Trinajstić information content (AvgIpc) is 2.65. The van der Waals surface area contributed by atoms with Gasteiger partial charge in [0, 0.05) is 4.47 Å². The van der Waals surface area contributed by atoms with E-state index in [0.29, 0.717) is 5.56 Å². The molecule has 2 rings (SSSR count). The Labute approximate surface area is 98.7 Å². The first-order valence-electron chi connectivity index (χ1n) is 5.13. The Hall–Kier alpha value is -0.850. The van der Waals surface area contributed by atoms with Gasteiger partial charge in [-0.15, -0.1) is 0 Å². The molecule has 0 radical (unpaired) electrons. The topological polar surface area (TPSA) is 44.0 Å². The van der Waals surface area contributed by atoms with Gasteiger partial charge in [-0.2, -0.15) is 5.26 Å². The van der Waals surface area contributed by atoms with E-state index in [4.69, 9.17) is 5.26 Å². The summed E-state index contributed by atoms with van der Waals surface area (Å²) in [5.41, 5.74) is 2.70. The molecule has 0 aliphatic heterocycles.